The fourth-order valence-corrected chi connectivity index (χ4v) is 3.15. The third kappa shape index (κ3) is 2.53. The summed E-state index contributed by atoms with van der Waals surface area (Å²) in [4.78, 5) is 0. The van der Waals surface area contributed by atoms with Gasteiger partial charge in [0.25, 0.3) is 0 Å². The van der Waals surface area contributed by atoms with Crippen LogP contribution in [0.5, 0.6) is 0 Å². The van der Waals surface area contributed by atoms with Crippen LogP contribution < -0.4 is 16.8 Å². The highest BCUT2D eigenvalue weighted by Crippen LogP contribution is 2.30. The normalized spacial score (nSPS) is 22.3. The highest BCUT2D eigenvalue weighted by molar-refractivity contribution is 6.03. The Labute approximate surface area is 124 Å². The van der Waals surface area contributed by atoms with E-state index in [-0.39, 0.29) is 5.84 Å². The smallest absolute Gasteiger partial charge is 0.126 e. The molecule has 2 atom stereocenters. The maximum atomic E-state index is 7.78. The Morgan fingerprint density at radius 2 is 2.19 bits per heavy atom. The fraction of sp³-hybridized carbons (Fsp3) is 0.467. The number of fused-ring (bicyclic) bond motifs is 1. The predicted octanol–water partition coefficient (Wildman–Crippen LogP) is 2.19. The minimum absolute atomic E-state index is 0.0238. The molecule has 0 aromatic carbocycles. The Morgan fingerprint density at radius 1 is 1.43 bits per heavy atom. The Kier molecular flexibility index (Phi) is 3.45. The van der Waals surface area contributed by atoms with Crippen LogP contribution >= 0.6 is 0 Å². The number of hydrogen-bond donors (Lipinski definition) is 4. The summed E-state index contributed by atoms with van der Waals surface area (Å²) in [6, 6.07) is 2.27. The zero-order chi connectivity index (χ0) is 15.0. The van der Waals surface area contributed by atoms with E-state index in [1.165, 1.54) is 19.3 Å². The molecule has 6 nitrogen and oxygen atoms in total. The molecular formula is C15H22N6. The van der Waals surface area contributed by atoms with Crippen molar-refractivity contribution in [2.75, 3.05) is 11.1 Å². The summed E-state index contributed by atoms with van der Waals surface area (Å²) < 4.78 is 1.73. The standard InChI is InChI=1S/C15H22N6/c1-9-4-2-3-5-12(9)20-14-11(15(17)18)7-19-21-8-10(16)6-13(14)21/h6-9,12,20H,2-5,16H2,1H3,(H3,17,18)/t9-,12+/m1/s1. The molecule has 1 fully saturated rings. The number of nitrogens with one attached hydrogen (secondary N) is 2. The monoisotopic (exact) mass is 286 g/mol. The van der Waals surface area contributed by atoms with Crippen LogP contribution in [0.1, 0.15) is 38.2 Å². The summed E-state index contributed by atoms with van der Waals surface area (Å²) in [5, 5.41) is 15.7. The first-order chi connectivity index (χ1) is 10.1. The van der Waals surface area contributed by atoms with Crippen molar-refractivity contribution < 1.29 is 0 Å². The molecule has 0 spiro atoms. The number of aromatic nitrogens is 2. The molecule has 6 heteroatoms. The van der Waals surface area contributed by atoms with Crippen molar-refractivity contribution in [3.05, 3.63) is 24.0 Å². The van der Waals surface area contributed by atoms with E-state index in [9.17, 15) is 0 Å². The summed E-state index contributed by atoms with van der Waals surface area (Å²) in [6.07, 6.45) is 8.31. The zero-order valence-corrected chi connectivity index (χ0v) is 12.3. The molecule has 1 aliphatic carbocycles. The Hall–Kier alpha value is -2.24. The predicted molar refractivity (Wildman–Crippen MR) is 85.7 cm³/mol. The van der Waals surface area contributed by atoms with Crippen LogP contribution in [0, 0.1) is 11.3 Å². The van der Waals surface area contributed by atoms with Gasteiger partial charge >= 0.3 is 0 Å². The molecule has 0 aliphatic heterocycles. The third-order valence-electron chi connectivity index (χ3n) is 4.39. The van der Waals surface area contributed by atoms with Crippen molar-refractivity contribution in [1.29, 1.82) is 5.41 Å². The van der Waals surface area contributed by atoms with Gasteiger partial charge in [0.15, 0.2) is 0 Å². The van der Waals surface area contributed by atoms with Crippen LogP contribution in [-0.4, -0.2) is 21.5 Å². The molecule has 2 aromatic rings. The second-order valence-electron chi connectivity index (χ2n) is 5.96. The van der Waals surface area contributed by atoms with E-state index in [1.54, 1.807) is 16.9 Å². The summed E-state index contributed by atoms with van der Waals surface area (Å²) in [7, 11) is 0. The largest absolute Gasteiger partial charge is 0.397 e. The van der Waals surface area contributed by atoms with E-state index in [4.69, 9.17) is 16.9 Å². The molecule has 2 aromatic heterocycles. The Bertz CT molecular complexity index is 674. The van der Waals surface area contributed by atoms with Crippen molar-refractivity contribution in [2.24, 2.45) is 11.7 Å². The van der Waals surface area contributed by atoms with Crippen LogP contribution in [-0.2, 0) is 0 Å². The molecule has 1 aliphatic rings. The average Bonchev–Trinajstić information content (AvgIpc) is 2.82. The van der Waals surface area contributed by atoms with Crippen LogP contribution in [0.15, 0.2) is 18.5 Å². The zero-order valence-electron chi connectivity index (χ0n) is 12.3. The van der Waals surface area contributed by atoms with Crippen LogP contribution in [0.25, 0.3) is 5.52 Å². The lowest BCUT2D eigenvalue weighted by atomic mass is 9.85. The number of anilines is 2. The van der Waals surface area contributed by atoms with Gasteiger partial charge < -0.3 is 16.8 Å². The van der Waals surface area contributed by atoms with Gasteiger partial charge in [0.2, 0.25) is 0 Å². The van der Waals surface area contributed by atoms with E-state index < -0.39 is 0 Å². The number of hydrogen-bond acceptors (Lipinski definition) is 4. The maximum absolute atomic E-state index is 7.78. The summed E-state index contributed by atoms with van der Waals surface area (Å²) in [5.74, 6) is 0.634. The minimum atomic E-state index is 0.0238. The quantitative estimate of drug-likeness (QED) is 0.512. The first kappa shape index (κ1) is 13.7. The highest BCUT2D eigenvalue weighted by atomic mass is 15.2. The van der Waals surface area contributed by atoms with Gasteiger partial charge in [0.05, 0.1) is 34.8 Å². The molecule has 112 valence electrons. The summed E-state index contributed by atoms with van der Waals surface area (Å²) in [5.41, 5.74) is 14.6. The number of nitrogens with zero attached hydrogens (tertiary/aromatic N) is 2. The van der Waals surface area contributed by atoms with Crippen molar-refractivity contribution in [2.45, 2.75) is 38.6 Å². The molecule has 0 saturated heterocycles. The van der Waals surface area contributed by atoms with E-state index in [1.807, 2.05) is 6.07 Å². The van der Waals surface area contributed by atoms with Crippen LogP contribution in [0.2, 0.25) is 0 Å². The molecule has 0 unspecified atom stereocenters. The van der Waals surface area contributed by atoms with Crippen molar-refractivity contribution in [3.8, 4) is 0 Å². The van der Waals surface area contributed by atoms with Crippen LogP contribution in [0.4, 0.5) is 11.4 Å². The molecule has 6 N–H and O–H groups in total. The summed E-state index contributed by atoms with van der Waals surface area (Å²) in [6.45, 7) is 2.27. The van der Waals surface area contributed by atoms with E-state index in [0.29, 0.717) is 23.2 Å². The molecule has 21 heavy (non-hydrogen) atoms. The number of amidine groups is 1. The van der Waals surface area contributed by atoms with Gasteiger partial charge in [-0.1, -0.05) is 19.8 Å². The lowest BCUT2D eigenvalue weighted by Gasteiger charge is -2.31. The maximum Gasteiger partial charge on any atom is 0.126 e. The second-order valence-corrected chi connectivity index (χ2v) is 5.96. The summed E-state index contributed by atoms with van der Waals surface area (Å²) >= 11 is 0. The van der Waals surface area contributed by atoms with Gasteiger partial charge in [-0.15, -0.1) is 0 Å². The molecule has 1 saturated carbocycles. The fourth-order valence-electron chi connectivity index (χ4n) is 3.15. The molecule has 0 radical (unpaired) electrons. The first-order valence-electron chi connectivity index (χ1n) is 7.44. The molecule has 0 bridgehead atoms. The lowest BCUT2D eigenvalue weighted by molar-refractivity contribution is 0.349. The third-order valence-corrected chi connectivity index (χ3v) is 4.39. The Balaban J connectivity index is 2.05. The first-order valence-corrected chi connectivity index (χ1v) is 7.44. The van der Waals surface area contributed by atoms with Gasteiger partial charge in [-0.05, 0) is 24.8 Å². The Morgan fingerprint density at radius 3 is 2.90 bits per heavy atom. The van der Waals surface area contributed by atoms with E-state index >= 15 is 0 Å². The van der Waals surface area contributed by atoms with Crippen LogP contribution in [0.3, 0.4) is 0 Å². The minimum Gasteiger partial charge on any atom is -0.397 e. The van der Waals surface area contributed by atoms with Gasteiger partial charge in [0.1, 0.15) is 5.84 Å². The molecule has 0 amide bonds. The number of nitrogen functional groups attached to an aromatic ring is 2. The SMILES string of the molecule is C[C@@H]1CCCC[C@@H]1Nc1c(C(=N)N)cnn2cc(N)cc12. The average molecular weight is 286 g/mol. The second kappa shape index (κ2) is 5.27. The molecule has 3 rings (SSSR count). The van der Waals surface area contributed by atoms with Crippen molar-refractivity contribution >= 4 is 22.7 Å². The van der Waals surface area contributed by atoms with Gasteiger partial charge in [-0.2, -0.15) is 5.10 Å². The topological polar surface area (TPSA) is 105 Å². The highest BCUT2D eigenvalue weighted by Gasteiger charge is 2.23. The van der Waals surface area contributed by atoms with Gasteiger partial charge in [-0.25, -0.2) is 4.52 Å². The van der Waals surface area contributed by atoms with Crippen molar-refractivity contribution in [1.82, 2.24) is 9.61 Å². The van der Waals surface area contributed by atoms with Gasteiger partial charge in [0, 0.05) is 6.04 Å². The number of rotatable bonds is 3. The molecule has 2 heterocycles. The van der Waals surface area contributed by atoms with Crippen molar-refractivity contribution in [3.63, 3.8) is 0 Å². The number of nitrogens with two attached hydrogens (primary N) is 2. The van der Waals surface area contributed by atoms with E-state index in [2.05, 4.69) is 17.3 Å². The van der Waals surface area contributed by atoms with E-state index in [0.717, 1.165) is 17.6 Å². The molecular weight excluding hydrogens is 264 g/mol. The van der Waals surface area contributed by atoms with Gasteiger partial charge in [-0.3, -0.25) is 5.41 Å². The lowest BCUT2D eigenvalue weighted by Crippen LogP contribution is -2.31.